The first-order chi connectivity index (χ1) is 9.97. The van der Waals surface area contributed by atoms with Crippen LogP contribution in [0.1, 0.15) is 23.4 Å². The number of carbonyl (C=O) groups is 3. The van der Waals surface area contributed by atoms with E-state index in [9.17, 15) is 14.4 Å². The maximum Gasteiger partial charge on any atom is 0.374 e. The zero-order chi connectivity index (χ0) is 15.4. The quantitative estimate of drug-likeness (QED) is 0.806. The Morgan fingerprint density at radius 1 is 1.43 bits per heavy atom. The molecule has 8 heteroatoms. The van der Waals surface area contributed by atoms with Gasteiger partial charge in [-0.1, -0.05) is 0 Å². The molecule has 0 spiro atoms. The van der Waals surface area contributed by atoms with Gasteiger partial charge in [0.15, 0.2) is 11.3 Å². The minimum absolute atomic E-state index is 0.0170. The molecule has 114 valence electrons. The number of esters is 1. The molecule has 1 aromatic rings. The van der Waals surface area contributed by atoms with Gasteiger partial charge in [-0.15, -0.1) is 0 Å². The van der Waals surface area contributed by atoms with Crippen LogP contribution in [0.3, 0.4) is 0 Å². The van der Waals surface area contributed by atoms with Crippen LogP contribution in [-0.4, -0.2) is 42.4 Å². The van der Waals surface area contributed by atoms with Crippen molar-refractivity contribution < 1.29 is 23.5 Å². The van der Waals surface area contributed by atoms with Crippen molar-refractivity contribution in [1.82, 2.24) is 4.90 Å². The fourth-order valence-electron chi connectivity index (χ4n) is 2.15. The summed E-state index contributed by atoms with van der Waals surface area (Å²) in [6.07, 6.45) is 1.39. The molecule has 2 heterocycles. The lowest BCUT2D eigenvalue weighted by molar-refractivity contribution is -0.137. The van der Waals surface area contributed by atoms with Crippen molar-refractivity contribution in [2.75, 3.05) is 19.7 Å². The van der Waals surface area contributed by atoms with Crippen LogP contribution in [0.2, 0.25) is 0 Å². The monoisotopic (exact) mass is 358 g/mol. The molecule has 0 radical (unpaired) electrons. The predicted molar refractivity (Wildman–Crippen MR) is 75.2 cm³/mol. The molecule has 0 aliphatic carbocycles. The average molecular weight is 359 g/mol. The van der Waals surface area contributed by atoms with E-state index in [-0.39, 0.29) is 30.7 Å². The maximum absolute atomic E-state index is 12.0. The molecule has 2 amide bonds. The van der Waals surface area contributed by atoms with Crippen LogP contribution in [0, 0.1) is 5.92 Å². The molecule has 7 nitrogen and oxygen atoms in total. The number of nitrogens with zero attached hydrogens (tertiary/aromatic N) is 1. The fraction of sp³-hybridized carbons (Fsp3) is 0.462. The highest BCUT2D eigenvalue weighted by molar-refractivity contribution is 9.10. The zero-order valence-electron chi connectivity index (χ0n) is 11.2. The van der Waals surface area contributed by atoms with E-state index in [0.29, 0.717) is 24.1 Å². The topological polar surface area (TPSA) is 103 Å². The molecule has 1 aromatic heterocycles. The Morgan fingerprint density at radius 3 is 2.81 bits per heavy atom. The SMILES string of the molecule is NC(=O)[C@@H]1CCCN(C(=O)COC(=O)c2ccc(Br)o2)C1. The number of primary amides is 1. The lowest BCUT2D eigenvalue weighted by Gasteiger charge is -2.30. The number of piperidine rings is 1. The minimum atomic E-state index is -0.711. The molecule has 0 aromatic carbocycles. The minimum Gasteiger partial charge on any atom is -0.450 e. The van der Waals surface area contributed by atoms with Crippen molar-refractivity contribution in [2.24, 2.45) is 11.7 Å². The van der Waals surface area contributed by atoms with E-state index >= 15 is 0 Å². The second-order valence-corrected chi connectivity index (χ2v) is 5.54. The molecule has 2 rings (SSSR count). The van der Waals surface area contributed by atoms with Crippen molar-refractivity contribution in [3.8, 4) is 0 Å². The third-order valence-corrected chi connectivity index (χ3v) is 3.70. The molecule has 1 saturated heterocycles. The smallest absolute Gasteiger partial charge is 0.374 e. The molecule has 1 aliphatic heterocycles. The molecule has 2 N–H and O–H groups in total. The first kappa shape index (κ1) is 15.6. The number of likely N-dealkylation sites (tertiary alicyclic amines) is 1. The molecule has 1 aliphatic rings. The van der Waals surface area contributed by atoms with Crippen LogP contribution in [-0.2, 0) is 14.3 Å². The normalized spacial score (nSPS) is 18.3. The molecular formula is C13H15BrN2O5. The lowest BCUT2D eigenvalue weighted by atomic mass is 9.97. The largest absolute Gasteiger partial charge is 0.450 e. The lowest BCUT2D eigenvalue weighted by Crippen LogP contribution is -2.45. The van der Waals surface area contributed by atoms with Crippen molar-refractivity contribution in [3.05, 3.63) is 22.6 Å². The summed E-state index contributed by atoms with van der Waals surface area (Å²) in [5, 5.41) is 0. The molecule has 1 fully saturated rings. The Bertz CT molecular complexity index is 557. The van der Waals surface area contributed by atoms with E-state index in [0.717, 1.165) is 0 Å². The Balaban J connectivity index is 1.84. The van der Waals surface area contributed by atoms with Gasteiger partial charge in [0.05, 0.1) is 5.92 Å². The number of carbonyl (C=O) groups excluding carboxylic acids is 3. The van der Waals surface area contributed by atoms with E-state index in [1.165, 1.54) is 11.0 Å². The van der Waals surface area contributed by atoms with Gasteiger partial charge >= 0.3 is 5.97 Å². The van der Waals surface area contributed by atoms with Gasteiger partial charge in [-0.05, 0) is 40.9 Å². The van der Waals surface area contributed by atoms with Crippen LogP contribution >= 0.6 is 15.9 Å². The second kappa shape index (κ2) is 6.75. The van der Waals surface area contributed by atoms with Gasteiger partial charge in [-0.25, -0.2) is 4.79 Å². The summed E-state index contributed by atoms with van der Waals surface area (Å²) < 4.78 is 10.3. The number of halogens is 1. The van der Waals surface area contributed by atoms with E-state index in [1.54, 1.807) is 6.07 Å². The van der Waals surface area contributed by atoms with Crippen LogP contribution in [0.25, 0.3) is 0 Å². The van der Waals surface area contributed by atoms with Crippen molar-refractivity contribution in [3.63, 3.8) is 0 Å². The van der Waals surface area contributed by atoms with E-state index in [1.807, 2.05) is 0 Å². The molecular weight excluding hydrogens is 344 g/mol. The number of hydrogen-bond donors (Lipinski definition) is 1. The summed E-state index contributed by atoms with van der Waals surface area (Å²) in [6, 6.07) is 3.00. The molecule has 0 bridgehead atoms. The number of rotatable bonds is 4. The third kappa shape index (κ3) is 4.07. The molecule has 1 atom stereocenters. The van der Waals surface area contributed by atoms with E-state index in [2.05, 4.69) is 15.9 Å². The Hall–Kier alpha value is -1.83. The van der Waals surface area contributed by atoms with Crippen LogP contribution in [0.15, 0.2) is 21.2 Å². The Labute approximate surface area is 129 Å². The highest BCUT2D eigenvalue weighted by atomic mass is 79.9. The fourth-order valence-corrected chi connectivity index (χ4v) is 2.46. The standard InChI is InChI=1S/C13H15BrN2O5/c14-10-4-3-9(21-10)13(19)20-7-11(17)16-5-1-2-8(6-16)12(15)18/h3-4,8H,1-2,5-7H2,(H2,15,18)/t8-/m1/s1. The first-order valence-corrected chi connectivity index (χ1v) is 7.26. The van der Waals surface area contributed by atoms with Gasteiger partial charge in [0.25, 0.3) is 5.91 Å². The van der Waals surface area contributed by atoms with Gasteiger partial charge in [-0.3, -0.25) is 9.59 Å². The maximum atomic E-state index is 12.0. The summed E-state index contributed by atoms with van der Waals surface area (Å²) in [5.74, 6) is -1.79. The molecule has 21 heavy (non-hydrogen) atoms. The van der Waals surface area contributed by atoms with Crippen LogP contribution < -0.4 is 5.73 Å². The first-order valence-electron chi connectivity index (χ1n) is 6.47. The number of nitrogens with two attached hydrogens (primary N) is 1. The van der Waals surface area contributed by atoms with Crippen molar-refractivity contribution >= 4 is 33.7 Å². The summed E-state index contributed by atoms with van der Waals surface area (Å²) in [6.45, 7) is 0.424. The Kier molecular flexibility index (Phi) is 5.00. The highest BCUT2D eigenvalue weighted by Gasteiger charge is 2.27. The average Bonchev–Trinajstić information content (AvgIpc) is 2.91. The van der Waals surface area contributed by atoms with Gasteiger partial charge < -0.3 is 19.8 Å². The summed E-state index contributed by atoms with van der Waals surface area (Å²) in [5.41, 5.74) is 5.25. The summed E-state index contributed by atoms with van der Waals surface area (Å²) in [7, 11) is 0. The van der Waals surface area contributed by atoms with Crippen molar-refractivity contribution in [1.29, 1.82) is 0 Å². The van der Waals surface area contributed by atoms with E-state index < -0.39 is 11.9 Å². The van der Waals surface area contributed by atoms with E-state index in [4.69, 9.17) is 14.9 Å². The van der Waals surface area contributed by atoms with Gasteiger partial charge in [-0.2, -0.15) is 0 Å². The summed E-state index contributed by atoms with van der Waals surface area (Å²) >= 11 is 3.07. The number of amides is 2. The second-order valence-electron chi connectivity index (χ2n) is 4.76. The van der Waals surface area contributed by atoms with Crippen molar-refractivity contribution in [2.45, 2.75) is 12.8 Å². The van der Waals surface area contributed by atoms with Crippen LogP contribution in [0.4, 0.5) is 0 Å². The van der Waals surface area contributed by atoms with Gasteiger partial charge in [0.1, 0.15) is 0 Å². The van der Waals surface area contributed by atoms with Gasteiger partial charge in [0.2, 0.25) is 11.7 Å². The Morgan fingerprint density at radius 2 is 2.19 bits per heavy atom. The number of ether oxygens (including phenoxy) is 1. The zero-order valence-corrected chi connectivity index (χ0v) is 12.8. The van der Waals surface area contributed by atoms with Gasteiger partial charge in [0, 0.05) is 13.1 Å². The predicted octanol–water partition coefficient (Wildman–Crippen LogP) is 0.923. The molecule has 0 unspecified atom stereocenters. The third-order valence-electron chi connectivity index (χ3n) is 3.28. The number of hydrogen-bond acceptors (Lipinski definition) is 5. The number of furan rings is 1. The summed E-state index contributed by atoms with van der Waals surface area (Å²) in [4.78, 5) is 36.2. The highest BCUT2D eigenvalue weighted by Crippen LogP contribution is 2.17. The molecule has 0 saturated carbocycles. The van der Waals surface area contributed by atoms with Crippen LogP contribution in [0.5, 0.6) is 0 Å².